The fraction of sp³-hybridized carbons (Fsp3) is 0.333. The lowest BCUT2D eigenvalue weighted by Gasteiger charge is -2.16. The van der Waals surface area contributed by atoms with Gasteiger partial charge in [-0.25, -0.2) is 13.6 Å². The first-order valence-electron chi connectivity index (χ1n) is 9.98. The maximum absolute atomic E-state index is 13.7. The zero-order chi connectivity index (χ0) is 21.7. The van der Waals surface area contributed by atoms with Crippen LogP contribution >= 0.6 is 0 Å². The first-order valence-corrected chi connectivity index (χ1v) is 9.98. The van der Waals surface area contributed by atoms with E-state index in [-0.39, 0.29) is 35.2 Å². The van der Waals surface area contributed by atoms with E-state index in [9.17, 15) is 23.5 Å². The van der Waals surface area contributed by atoms with Gasteiger partial charge in [0, 0.05) is 18.8 Å². The zero-order valence-corrected chi connectivity index (χ0v) is 16.4. The molecular formula is C24H24F2O4. The van der Waals surface area contributed by atoms with Gasteiger partial charge in [-0.1, -0.05) is 24.3 Å². The van der Waals surface area contributed by atoms with E-state index in [1.165, 1.54) is 0 Å². The topological polar surface area (TPSA) is 74.6 Å². The van der Waals surface area contributed by atoms with Gasteiger partial charge in [-0.05, 0) is 66.6 Å². The van der Waals surface area contributed by atoms with E-state index >= 15 is 0 Å². The third-order valence-electron chi connectivity index (χ3n) is 5.62. The second kappa shape index (κ2) is 9.76. The van der Waals surface area contributed by atoms with Gasteiger partial charge in [-0.2, -0.15) is 0 Å². The van der Waals surface area contributed by atoms with Crippen molar-refractivity contribution in [1.82, 2.24) is 0 Å². The maximum atomic E-state index is 13.7. The second-order valence-electron chi connectivity index (χ2n) is 7.71. The molecule has 3 atom stereocenters. The lowest BCUT2D eigenvalue weighted by Crippen LogP contribution is -2.15. The molecule has 158 valence electrons. The number of aliphatic hydroxyl groups is 1. The van der Waals surface area contributed by atoms with Crippen molar-refractivity contribution >= 4 is 11.8 Å². The highest BCUT2D eigenvalue weighted by Gasteiger charge is 2.32. The van der Waals surface area contributed by atoms with Crippen LogP contribution in [0.5, 0.6) is 0 Å². The molecule has 0 aliphatic heterocycles. The molecule has 2 N–H and O–H groups in total. The van der Waals surface area contributed by atoms with Crippen molar-refractivity contribution in [2.45, 2.75) is 38.2 Å². The lowest BCUT2D eigenvalue weighted by molar-refractivity contribution is -0.121. The van der Waals surface area contributed by atoms with Crippen molar-refractivity contribution < 1.29 is 28.6 Å². The number of benzene rings is 2. The Morgan fingerprint density at radius 2 is 1.90 bits per heavy atom. The number of carboxylic acid groups (broad SMARTS) is 1. The molecule has 0 saturated heterocycles. The van der Waals surface area contributed by atoms with Crippen LogP contribution in [0.1, 0.15) is 40.7 Å². The molecule has 1 fully saturated rings. The summed E-state index contributed by atoms with van der Waals surface area (Å²) in [6, 6.07) is 9.75. The molecule has 0 radical (unpaired) electrons. The molecule has 0 aromatic heterocycles. The minimum atomic E-state index is -0.977. The van der Waals surface area contributed by atoms with E-state index in [0.29, 0.717) is 25.7 Å². The number of carbonyl (C=O) groups excluding carboxylic acids is 1. The van der Waals surface area contributed by atoms with Gasteiger partial charge in [-0.15, -0.1) is 0 Å². The Bertz CT molecular complexity index is 937. The van der Waals surface area contributed by atoms with Crippen LogP contribution in [-0.2, 0) is 17.6 Å². The largest absolute Gasteiger partial charge is 0.478 e. The molecule has 6 heteroatoms. The molecule has 0 amide bonds. The van der Waals surface area contributed by atoms with E-state index in [1.807, 2.05) is 6.08 Å². The first kappa shape index (κ1) is 21.8. The summed E-state index contributed by atoms with van der Waals surface area (Å²) in [5, 5.41) is 19.2. The highest BCUT2D eigenvalue weighted by molar-refractivity contribution is 5.87. The Morgan fingerprint density at radius 3 is 2.60 bits per heavy atom. The summed E-state index contributed by atoms with van der Waals surface area (Å²) < 4.78 is 27.0. The Balaban J connectivity index is 1.58. The van der Waals surface area contributed by atoms with Crippen molar-refractivity contribution in [3.8, 4) is 0 Å². The number of hydrogen-bond donors (Lipinski definition) is 2. The number of hydrogen-bond acceptors (Lipinski definition) is 3. The van der Waals surface area contributed by atoms with Gasteiger partial charge in [0.25, 0.3) is 0 Å². The highest BCUT2D eigenvalue weighted by atomic mass is 19.1. The predicted octanol–water partition coefficient (Wildman–Crippen LogP) is 4.35. The molecule has 0 bridgehead atoms. The number of carboxylic acids is 1. The van der Waals surface area contributed by atoms with Gasteiger partial charge >= 0.3 is 5.97 Å². The number of rotatable bonds is 8. The van der Waals surface area contributed by atoms with Crippen LogP contribution < -0.4 is 0 Å². The number of aryl methyl sites for hydroxylation is 1. The number of allylic oxidation sites excluding steroid dienone is 1. The van der Waals surface area contributed by atoms with Gasteiger partial charge < -0.3 is 10.2 Å². The molecule has 1 unspecified atom stereocenters. The third-order valence-corrected chi connectivity index (χ3v) is 5.62. The zero-order valence-electron chi connectivity index (χ0n) is 16.4. The second-order valence-corrected chi connectivity index (χ2v) is 7.71. The van der Waals surface area contributed by atoms with Crippen molar-refractivity contribution in [3.63, 3.8) is 0 Å². The maximum Gasteiger partial charge on any atom is 0.335 e. The van der Waals surface area contributed by atoms with Crippen molar-refractivity contribution in [2.75, 3.05) is 0 Å². The van der Waals surface area contributed by atoms with Crippen LogP contribution in [0.3, 0.4) is 0 Å². The normalized spacial score (nSPS) is 20.0. The SMILES string of the molecule is O=C(O)c1ccc(CC[C@H]2C(=O)CC[C@@H]2C=CC(O)Cc2cc(F)ccc2F)cc1. The molecule has 1 aliphatic carbocycles. The number of carbonyl (C=O) groups is 2. The van der Waals surface area contributed by atoms with Crippen LogP contribution in [0, 0.1) is 23.5 Å². The number of Topliss-reactive ketones (excluding diaryl/α,β-unsaturated/α-hetero) is 1. The molecule has 2 aromatic rings. The Morgan fingerprint density at radius 1 is 1.17 bits per heavy atom. The summed E-state index contributed by atoms with van der Waals surface area (Å²) in [6.07, 6.45) is 4.81. The monoisotopic (exact) mass is 414 g/mol. The van der Waals surface area contributed by atoms with Crippen LogP contribution in [-0.4, -0.2) is 28.1 Å². The van der Waals surface area contributed by atoms with Crippen LogP contribution in [0.15, 0.2) is 54.6 Å². The number of ketones is 1. The van der Waals surface area contributed by atoms with Gasteiger partial charge in [-0.3, -0.25) is 4.79 Å². The van der Waals surface area contributed by atoms with Gasteiger partial charge in [0.05, 0.1) is 11.7 Å². The van der Waals surface area contributed by atoms with Crippen molar-refractivity contribution in [2.24, 2.45) is 11.8 Å². The molecule has 0 heterocycles. The third kappa shape index (κ3) is 5.60. The summed E-state index contributed by atoms with van der Waals surface area (Å²) in [5.41, 5.74) is 1.29. The van der Waals surface area contributed by atoms with Crippen LogP contribution in [0.25, 0.3) is 0 Å². The van der Waals surface area contributed by atoms with E-state index in [2.05, 4.69) is 0 Å². The minimum Gasteiger partial charge on any atom is -0.478 e. The van der Waals surface area contributed by atoms with Crippen LogP contribution in [0.2, 0.25) is 0 Å². The number of aliphatic hydroxyl groups excluding tert-OH is 1. The lowest BCUT2D eigenvalue weighted by atomic mass is 9.88. The van der Waals surface area contributed by atoms with Gasteiger partial charge in [0.1, 0.15) is 17.4 Å². The smallest absolute Gasteiger partial charge is 0.335 e. The van der Waals surface area contributed by atoms with E-state index in [4.69, 9.17) is 5.11 Å². The van der Waals surface area contributed by atoms with Crippen molar-refractivity contribution in [1.29, 1.82) is 0 Å². The summed E-state index contributed by atoms with van der Waals surface area (Å²) in [7, 11) is 0. The standard InChI is InChI=1S/C24H24F2O4/c25-19-8-11-22(26)18(13-19)14-20(27)9-6-16-7-12-23(28)21(16)10-3-15-1-4-17(5-2-15)24(29)30/h1-2,4-6,8-9,11,13,16,20-21,27H,3,7,10,12,14H2,(H,29,30)/t16-,20?,21+/m0/s1. The number of halogens is 2. The molecule has 1 aliphatic rings. The fourth-order valence-electron chi connectivity index (χ4n) is 3.94. The summed E-state index contributed by atoms with van der Waals surface area (Å²) in [5.74, 6) is -2.10. The molecule has 3 rings (SSSR count). The van der Waals surface area contributed by atoms with Crippen LogP contribution in [0.4, 0.5) is 8.78 Å². The molecule has 1 saturated carbocycles. The molecule has 2 aromatic carbocycles. The fourth-order valence-corrected chi connectivity index (χ4v) is 3.94. The first-order chi connectivity index (χ1) is 14.3. The average Bonchev–Trinajstić information content (AvgIpc) is 3.07. The summed E-state index contributed by atoms with van der Waals surface area (Å²) in [6.45, 7) is 0. The molecule has 0 spiro atoms. The Hall–Kier alpha value is -2.86. The van der Waals surface area contributed by atoms with E-state index < -0.39 is 23.7 Å². The van der Waals surface area contributed by atoms with E-state index in [0.717, 1.165) is 23.8 Å². The predicted molar refractivity (Wildman–Crippen MR) is 108 cm³/mol. The molecular weight excluding hydrogens is 390 g/mol. The number of aromatic carboxylic acids is 1. The Kier molecular flexibility index (Phi) is 7.11. The summed E-state index contributed by atoms with van der Waals surface area (Å²) in [4.78, 5) is 23.2. The minimum absolute atomic E-state index is 0.0113. The van der Waals surface area contributed by atoms with Crippen molar-refractivity contribution in [3.05, 3.63) is 82.9 Å². The highest BCUT2D eigenvalue weighted by Crippen LogP contribution is 2.33. The quantitative estimate of drug-likeness (QED) is 0.630. The summed E-state index contributed by atoms with van der Waals surface area (Å²) >= 11 is 0. The van der Waals surface area contributed by atoms with Gasteiger partial charge in [0.15, 0.2) is 0 Å². The Labute approximate surface area is 173 Å². The molecule has 30 heavy (non-hydrogen) atoms. The van der Waals surface area contributed by atoms with E-state index in [1.54, 1.807) is 30.3 Å². The average molecular weight is 414 g/mol. The molecule has 4 nitrogen and oxygen atoms in total. The van der Waals surface area contributed by atoms with Gasteiger partial charge in [0.2, 0.25) is 0 Å².